The number of anilines is 1. The van der Waals surface area contributed by atoms with Crippen LogP contribution in [0.3, 0.4) is 0 Å². The van der Waals surface area contributed by atoms with Gasteiger partial charge in [-0.1, -0.05) is 0 Å². The maximum absolute atomic E-state index is 11.7. The predicted octanol–water partition coefficient (Wildman–Crippen LogP) is 1.65. The minimum Gasteiger partial charge on any atom is -0.495 e. The second-order valence-electron chi connectivity index (χ2n) is 4.32. The van der Waals surface area contributed by atoms with Crippen molar-refractivity contribution >= 4 is 17.4 Å². The fourth-order valence-corrected chi connectivity index (χ4v) is 2.12. The molecule has 0 amide bonds. The maximum Gasteiger partial charge on any atom is 0.338 e. The van der Waals surface area contributed by atoms with Crippen molar-refractivity contribution in [3.05, 3.63) is 23.8 Å². The van der Waals surface area contributed by atoms with Gasteiger partial charge >= 0.3 is 5.97 Å². The van der Waals surface area contributed by atoms with Crippen molar-refractivity contribution in [1.82, 2.24) is 0 Å². The largest absolute Gasteiger partial charge is 0.495 e. The highest BCUT2D eigenvalue weighted by Crippen LogP contribution is 2.31. The summed E-state index contributed by atoms with van der Waals surface area (Å²) in [5.74, 6) is 0.432. The number of carbonyl (C=O) groups is 2. The quantitative estimate of drug-likeness (QED) is 0.773. The number of hydrogen-bond donors (Lipinski definition) is 0. The van der Waals surface area contributed by atoms with Crippen molar-refractivity contribution in [2.24, 2.45) is 0 Å². The second kappa shape index (κ2) is 5.73. The summed E-state index contributed by atoms with van der Waals surface area (Å²) in [5.41, 5.74) is 1.29. The Kier molecular flexibility index (Phi) is 4.04. The summed E-state index contributed by atoms with van der Waals surface area (Å²) in [4.78, 5) is 24.9. The van der Waals surface area contributed by atoms with Crippen molar-refractivity contribution < 1.29 is 19.1 Å². The SMILES string of the molecule is CCOC(=O)c1ccc(N2CCC(=O)C2)c(OC)c1. The van der Waals surface area contributed by atoms with E-state index in [-0.39, 0.29) is 11.8 Å². The summed E-state index contributed by atoms with van der Waals surface area (Å²) in [6.45, 7) is 3.19. The normalized spacial score (nSPS) is 14.6. The molecule has 0 atom stereocenters. The highest BCUT2D eigenvalue weighted by atomic mass is 16.5. The van der Waals surface area contributed by atoms with E-state index in [4.69, 9.17) is 9.47 Å². The third-order valence-electron chi connectivity index (χ3n) is 3.06. The average Bonchev–Trinajstić information content (AvgIpc) is 2.84. The highest BCUT2D eigenvalue weighted by Gasteiger charge is 2.23. The third kappa shape index (κ3) is 2.86. The van der Waals surface area contributed by atoms with Crippen LogP contribution in [0.2, 0.25) is 0 Å². The molecule has 2 rings (SSSR count). The van der Waals surface area contributed by atoms with E-state index in [1.54, 1.807) is 32.2 Å². The molecule has 5 heteroatoms. The molecule has 1 aliphatic rings. The lowest BCUT2D eigenvalue weighted by Crippen LogP contribution is -2.20. The number of benzene rings is 1. The Bertz CT molecular complexity index is 498. The van der Waals surface area contributed by atoms with Crippen LogP contribution in [0.5, 0.6) is 5.75 Å². The number of rotatable bonds is 4. The number of esters is 1. The molecule has 1 heterocycles. The monoisotopic (exact) mass is 263 g/mol. The summed E-state index contributed by atoms with van der Waals surface area (Å²) in [6.07, 6.45) is 0.558. The molecular formula is C14H17NO4. The molecule has 1 aromatic rings. The molecule has 0 aromatic heterocycles. The molecule has 0 bridgehead atoms. The Morgan fingerprint density at radius 2 is 2.21 bits per heavy atom. The second-order valence-corrected chi connectivity index (χ2v) is 4.32. The third-order valence-corrected chi connectivity index (χ3v) is 3.06. The van der Waals surface area contributed by atoms with Gasteiger partial charge in [-0.05, 0) is 25.1 Å². The van der Waals surface area contributed by atoms with E-state index in [9.17, 15) is 9.59 Å². The summed E-state index contributed by atoms with van der Waals surface area (Å²) >= 11 is 0. The molecular weight excluding hydrogens is 246 g/mol. The van der Waals surface area contributed by atoms with Crippen LogP contribution in [0.4, 0.5) is 5.69 Å². The van der Waals surface area contributed by atoms with Crippen LogP contribution in [-0.2, 0) is 9.53 Å². The number of carbonyl (C=O) groups excluding carboxylic acids is 2. The molecule has 1 saturated heterocycles. The Balaban J connectivity index is 2.26. The standard InChI is InChI=1S/C14H17NO4/c1-3-19-14(17)10-4-5-12(13(8-10)18-2)15-7-6-11(16)9-15/h4-5,8H,3,6-7,9H2,1-2H3. The first-order chi connectivity index (χ1) is 9.15. The number of Topliss-reactive ketones (excluding diaryl/α,β-unsaturated/α-hetero) is 1. The molecule has 1 fully saturated rings. The van der Waals surface area contributed by atoms with Gasteiger partial charge in [0.25, 0.3) is 0 Å². The number of ketones is 1. The van der Waals surface area contributed by atoms with Gasteiger partial charge in [-0.15, -0.1) is 0 Å². The van der Waals surface area contributed by atoms with E-state index < -0.39 is 0 Å². The zero-order chi connectivity index (χ0) is 13.8. The molecule has 19 heavy (non-hydrogen) atoms. The first-order valence-electron chi connectivity index (χ1n) is 6.27. The van der Waals surface area contributed by atoms with Gasteiger partial charge in [0.1, 0.15) is 5.75 Å². The van der Waals surface area contributed by atoms with Crippen LogP contribution < -0.4 is 9.64 Å². The van der Waals surface area contributed by atoms with Gasteiger partial charge in [0.05, 0.1) is 31.5 Å². The van der Waals surface area contributed by atoms with Crippen LogP contribution in [0.15, 0.2) is 18.2 Å². The highest BCUT2D eigenvalue weighted by molar-refractivity contribution is 5.92. The van der Waals surface area contributed by atoms with Crippen LogP contribution in [0.1, 0.15) is 23.7 Å². The van der Waals surface area contributed by atoms with Gasteiger partial charge in [0.15, 0.2) is 5.78 Å². The molecule has 102 valence electrons. The molecule has 0 N–H and O–H groups in total. The molecule has 1 aliphatic heterocycles. The number of nitrogens with zero attached hydrogens (tertiary/aromatic N) is 1. The Hall–Kier alpha value is -2.04. The van der Waals surface area contributed by atoms with Crippen molar-refractivity contribution in [1.29, 1.82) is 0 Å². The van der Waals surface area contributed by atoms with Gasteiger partial charge in [-0.25, -0.2) is 4.79 Å². The van der Waals surface area contributed by atoms with E-state index in [0.717, 1.165) is 5.69 Å². The molecule has 0 aliphatic carbocycles. The van der Waals surface area contributed by atoms with Crippen molar-refractivity contribution in [3.8, 4) is 5.75 Å². The van der Waals surface area contributed by atoms with Gasteiger partial charge < -0.3 is 14.4 Å². The summed E-state index contributed by atoms with van der Waals surface area (Å²) < 4.78 is 10.2. The fraction of sp³-hybridized carbons (Fsp3) is 0.429. The fourth-order valence-electron chi connectivity index (χ4n) is 2.12. The van der Waals surface area contributed by atoms with Gasteiger partial charge in [-0.3, -0.25) is 4.79 Å². The molecule has 0 radical (unpaired) electrons. The van der Waals surface area contributed by atoms with Crippen LogP contribution in [-0.4, -0.2) is 38.6 Å². The lowest BCUT2D eigenvalue weighted by atomic mass is 10.1. The number of ether oxygens (including phenoxy) is 2. The van der Waals surface area contributed by atoms with Gasteiger partial charge in [-0.2, -0.15) is 0 Å². The van der Waals surface area contributed by atoms with Crippen molar-refractivity contribution in [3.63, 3.8) is 0 Å². The Labute approximate surface area is 112 Å². The predicted molar refractivity (Wildman–Crippen MR) is 70.8 cm³/mol. The van der Waals surface area contributed by atoms with E-state index in [1.807, 2.05) is 4.90 Å². The maximum atomic E-state index is 11.7. The van der Waals surface area contributed by atoms with E-state index >= 15 is 0 Å². The van der Waals surface area contributed by atoms with Crippen LogP contribution >= 0.6 is 0 Å². The molecule has 1 aromatic carbocycles. The first-order valence-corrected chi connectivity index (χ1v) is 6.27. The zero-order valence-electron chi connectivity index (χ0n) is 11.1. The van der Waals surface area contributed by atoms with Crippen molar-refractivity contribution in [2.75, 3.05) is 31.7 Å². The van der Waals surface area contributed by atoms with Gasteiger partial charge in [0, 0.05) is 13.0 Å². The van der Waals surface area contributed by atoms with Crippen LogP contribution in [0, 0.1) is 0 Å². The first kappa shape index (κ1) is 13.4. The van der Waals surface area contributed by atoms with Crippen molar-refractivity contribution in [2.45, 2.75) is 13.3 Å². The van der Waals surface area contributed by atoms with Crippen LogP contribution in [0.25, 0.3) is 0 Å². The van der Waals surface area contributed by atoms with Gasteiger partial charge in [0.2, 0.25) is 0 Å². The smallest absolute Gasteiger partial charge is 0.338 e. The summed E-state index contributed by atoms with van der Waals surface area (Å²) in [5, 5.41) is 0. The lowest BCUT2D eigenvalue weighted by molar-refractivity contribution is -0.116. The molecule has 0 unspecified atom stereocenters. The number of methoxy groups -OCH3 is 1. The molecule has 0 spiro atoms. The summed E-state index contributed by atoms with van der Waals surface area (Å²) in [7, 11) is 1.55. The average molecular weight is 263 g/mol. The Morgan fingerprint density at radius 1 is 1.42 bits per heavy atom. The van der Waals surface area contributed by atoms with E-state index in [0.29, 0.717) is 37.4 Å². The minimum atomic E-state index is -0.371. The molecule has 5 nitrogen and oxygen atoms in total. The lowest BCUT2D eigenvalue weighted by Gasteiger charge is -2.20. The van der Waals surface area contributed by atoms with E-state index in [2.05, 4.69) is 0 Å². The molecule has 0 saturated carbocycles. The zero-order valence-corrected chi connectivity index (χ0v) is 11.1. The minimum absolute atomic E-state index is 0.219. The Morgan fingerprint density at radius 3 is 2.79 bits per heavy atom. The summed E-state index contributed by atoms with van der Waals surface area (Å²) in [6, 6.07) is 5.14. The number of hydrogen-bond acceptors (Lipinski definition) is 5. The van der Waals surface area contributed by atoms with E-state index in [1.165, 1.54) is 0 Å². The topological polar surface area (TPSA) is 55.8 Å².